The lowest BCUT2D eigenvalue weighted by molar-refractivity contribution is 0.0284. The van der Waals surface area contributed by atoms with Crippen LogP contribution in [0.1, 0.15) is 60.2 Å². The van der Waals surface area contributed by atoms with Crippen molar-refractivity contribution in [2.45, 2.75) is 57.4 Å². The maximum absolute atomic E-state index is 12.9. The number of carbonyl (C=O) groups excluding carboxylic acids is 1. The van der Waals surface area contributed by atoms with Gasteiger partial charge in [0.15, 0.2) is 0 Å². The first-order valence-corrected chi connectivity index (χ1v) is 12.6. The van der Waals surface area contributed by atoms with Gasteiger partial charge in [0, 0.05) is 29.2 Å². The van der Waals surface area contributed by atoms with Crippen molar-refractivity contribution in [2.24, 2.45) is 11.8 Å². The minimum atomic E-state index is 0.0458. The Morgan fingerprint density at radius 2 is 1.97 bits per heavy atom. The van der Waals surface area contributed by atoms with Crippen molar-refractivity contribution in [3.8, 4) is 0 Å². The van der Waals surface area contributed by atoms with Crippen LogP contribution in [0.4, 0.5) is 0 Å². The van der Waals surface area contributed by atoms with E-state index in [1.54, 1.807) is 0 Å². The van der Waals surface area contributed by atoms with Crippen LogP contribution in [0, 0.1) is 11.8 Å². The number of likely N-dealkylation sites (tertiary alicyclic amines) is 1. The molecule has 31 heavy (non-hydrogen) atoms. The van der Waals surface area contributed by atoms with Crippen LogP contribution in [-0.4, -0.2) is 36.5 Å². The highest BCUT2D eigenvalue weighted by molar-refractivity contribution is 9.10. The topological polar surface area (TPSA) is 32.3 Å². The van der Waals surface area contributed by atoms with Crippen molar-refractivity contribution in [1.29, 1.82) is 0 Å². The van der Waals surface area contributed by atoms with Crippen LogP contribution in [0.25, 0.3) is 0 Å². The lowest BCUT2D eigenvalue weighted by Gasteiger charge is -2.55. The fourth-order valence-corrected chi connectivity index (χ4v) is 6.05. The number of rotatable bonds is 6. The molecule has 2 aromatic rings. The molecular weight excluding hydrogens is 448 g/mol. The van der Waals surface area contributed by atoms with E-state index >= 15 is 0 Å². The molecule has 1 saturated heterocycles. The summed E-state index contributed by atoms with van der Waals surface area (Å²) in [4.78, 5) is 15.7. The summed E-state index contributed by atoms with van der Waals surface area (Å²) in [6.45, 7) is 8.03. The second-order valence-corrected chi connectivity index (χ2v) is 11.1. The Labute approximate surface area is 194 Å². The maximum atomic E-state index is 12.9. The van der Waals surface area contributed by atoms with Gasteiger partial charge in [-0.3, -0.25) is 9.69 Å². The van der Waals surface area contributed by atoms with E-state index in [0.717, 1.165) is 28.8 Å². The summed E-state index contributed by atoms with van der Waals surface area (Å²) in [6, 6.07) is 15.4. The maximum Gasteiger partial charge on any atom is 0.251 e. The van der Waals surface area contributed by atoms with Crippen molar-refractivity contribution in [1.82, 2.24) is 10.2 Å². The van der Waals surface area contributed by atoms with Gasteiger partial charge in [0.2, 0.25) is 0 Å². The molecule has 164 valence electrons. The number of carbonyl (C=O) groups is 1. The Balaban J connectivity index is 1.28. The van der Waals surface area contributed by atoms with Crippen molar-refractivity contribution >= 4 is 21.8 Å². The van der Waals surface area contributed by atoms with Crippen LogP contribution in [0.3, 0.4) is 0 Å². The van der Waals surface area contributed by atoms with Gasteiger partial charge >= 0.3 is 0 Å². The lowest BCUT2D eigenvalue weighted by atomic mass is 9.59. The van der Waals surface area contributed by atoms with E-state index < -0.39 is 0 Å². The molecule has 1 N–H and O–H groups in total. The highest BCUT2D eigenvalue weighted by Crippen LogP contribution is 2.49. The molecule has 4 heteroatoms. The SMILES string of the molecule is C[C@@H]1[C@H]2Cc3ccc(C(=O)NCCc4ccc(Br)cc4)cc3[C@]1(C)CCN2CC1CC1. The molecule has 0 radical (unpaired) electrons. The molecule has 3 nitrogen and oxygen atoms in total. The molecule has 2 aliphatic carbocycles. The Bertz CT molecular complexity index is 968. The number of piperidine rings is 1. The van der Waals surface area contributed by atoms with Crippen molar-refractivity contribution in [3.05, 3.63) is 69.2 Å². The van der Waals surface area contributed by atoms with Gasteiger partial charge in [-0.25, -0.2) is 0 Å². The summed E-state index contributed by atoms with van der Waals surface area (Å²) < 4.78 is 1.08. The molecule has 1 saturated carbocycles. The Morgan fingerprint density at radius 1 is 1.19 bits per heavy atom. The number of hydrogen-bond acceptors (Lipinski definition) is 2. The van der Waals surface area contributed by atoms with Gasteiger partial charge < -0.3 is 5.32 Å². The molecule has 0 unspecified atom stereocenters. The van der Waals surface area contributed by atoms with Crippen LogP contribution in [-0.2, 0) is 18.3 Å². The van der Waals surface area contributed by atoms with E-state index in [9.17, 15) is 4.79 Å². The van der Waals surface area contributed by atoms with Crippen molar-refractivity contribution in [2.75, 3.05) is 19.6 Å². The molecule has 3 aliphatic rings. The third-order valence-corrected chi connectivity index (χ3v) is 8.72. The number of amides is 1. The van der Waals surface area contributed by atoms with Gasteiger partial charge in [-0.05, 0) is 96.9 Å². The van der Waals surface area contributed by atoms with Crippen LogP contribution in [0.5, 0.6) is 0 Å². The molecule has 2 bridgehead atoms. The minimum Gasteiger partial charge on any atom is -0.352 e. The van der Waals surface area contributed by atoms with Gasteiger partial charge in [-0.2, -0.15) is 0 Å². The molecular formula is C27H33BrN2O. The van der Waals surface area contributed by atoms with Crippen LogP contribution >= 0.6 is 15.9 Å². The van der Waals surface area contributed by atoms with Gasteiger partial charge in [-0.15, -0.1) is 0 Å². The Kier molecular flexibility index (Phi) is 5.72. The lowest BCUT2D eigenvalue weighted by Crippen LogP contribution is -2.58. The Morgan fingerprint density at radius 3 is 2.71 bits per heavy atom. The number of halogens is 1. The minimum absolute atomic E-state index is 0.0458. The number of fused-ring (bicyclic) bond motifs is 4. The van der Waals surface area contributed by atoms with E-state index in [-0.39, 0.29) is 11.3 Å². The largest absolute Gasteiger partial charge is 0.352 e. The standard InChI is InChI=1S/C27H33BrN2O/c1-18-25-16-21-7-8-22(26(31)29-13-11-19-5-9-23(28)10-6-19)15-24(21)27(18,2)12-14-30(25)17-20-3-4-20/h5-10,15,18,20,25H,3-4,11-14,16-17H2,1-2H3,(H,29,31)/t18-,25-,27-/m1/s1. The molecule has 1 heterocycles. The first-order chi connectivity index (χ1) is 14.9. The van der Waals surface area contributed by atoms with Gasteiger partial charge in [-0.1, -0.05) is 48.0 Å². The van der Waals surface area contributed by atoms with E-state index in [4.69, 9.17) is 0 Å². The quantitative estimate of drug-likeness (QED) is 0.603. The Hall–Kier alpha value is -1.65. The van der Waals surface area contributed by atoms with Crippen LogP contribution in [0.2, 0.25) is 0 Å². The van der Waals surface area contributed by atoms with Crippen molar-refractivity contribution < 1.29 is 4.79 Å². The zero-order valence-corrected chi connectivity index (χ0v) is 20.2. The van der Waals surface area contributed by atoms with Gasteiger partial charge in [0.25, 0.3) is 5.91 Å². The predicted molar refractivity (Wildman–Crippen MR) is 130 cm³/mol. The smallest absolute Gasteiger partial charge is 0.251 e. The zero-order valence-electron chi connectivity index (χ0n) is 18.7. The predicted octanol–water partition coefficient (Wildman–Crippen LogP) is 5.36. The van der Waals surface area contributed by atoms with Gasteiger partial charge in [0.05, 0.1) is 0 Å². The summed E-state index contributed by atoms with van der Waals surface area (Å²) in [6.07, 6.45) is 6.01. The zero-order chi connectivity index (χ0) is 21.6. The highest BCUT2D eigenvalue weighted by atomic mass is 79.9. The summed E-state index contributed by atoms with van der Waals surface area (Å²) >= 11 is 3.47. The summed E-state index contributed by atoms with van der Waals surface area (Å²) in [7, 11) is 0. The number of nitrogens with one attached hydrogen (secondary N) is 1. The first-order valence-electron chi connectivity index (χ1n) is 11.8. The molecule has 2 fully saturated rings. The third kappa shape index (κ3) is 4.21. The molecule has 0 spiro atoms. The fourth-order valence-electron chi connectivity index (χ4n) is 5.78. The molecule has 1 aliphatic heterocycles. The normalized spacial score (nSPS) is 27.6. The second-order valence-electron chi connectivity index (χ2n) is 10.2. The third-order valence-electron chi connectivity index (χ3n) is 8.19. The molecule has 5 rings (SSSR count). The first kappa shape index (κ1) is 21.2. The number of hydrogen-bond donors (Lipinski definition) is 1. The fraction of sp³-hybridized carbons (Fsp3) is 0.519. The second kappa shape index (κ2) is 8.37. The van der Waals surface area contributed by atoms with E-state index in [1.165, 1.54) is 49.0 Å². The van der Waals surface area contributed by atoms with E-state index in [1.807, 2.05) is 18.2 Å². The van der Waals surface area contributed by atoms with Crippen molar-refractivity contribution in [3.63, 3.8) is 0 Å². The number of benzene rings is 2. The number of nitrogens with zero attached hydrogens (tertiary/aromatic N) is 1. The molecule has 3 atom stereocenters. The van der Waals surface area contributed by atoms with E-state index in [0.29, 0.717) is 18.5 Å². The van der Waals surface area contributed by atoms with E-state index in [2.05, 4.69) is 64.3 Å². The monoisotopic (exact) mass is 480 g/mol. The van der Waals surface area contributed by atoms with Crippen LogP contribution in [0.15, 0.2) is 46.9 Å². The van der Waals surface area contributed by atoms with Crippen LogP contribution < -0.4 is 5.32 Å². The highest BCUT2D eigenvalue weighted by Gasteiger charge is 2.49. The molecule has 1 amide bonds. The summed E-state index contributed by atoms with van der Waals surface area (Å²) in [5, 5.41) is 3.12. The average molecular weight is 481 g/mol. The van der Waals surface area contributed by atoms with Gasteiger partial charge in [0.1, 0.15) is 0 Å². The molecule has 0 aromatic heterocycles. The average Bonchev–Trinajstić information content (AvgIpc) is 3.58. The summed E-state index contributed by atoms with van der Waals surface area (Å²) in [5.74, 6) is 1.62. The molecule has 2 aromatic carbocycles. The summed E-state index contributed by atoms with van der Waals surface area (Å²) in [5.41, 5.74) is 5.09.